The second-order valence-corrected chi connectivity index (χ2v) is 5.66. The third-order valence-corrected chi connectivity index (χ3v) is 4.17. The molecule has 1 heterocycles. The van der Waals surface area contributed by atoms with Gasteiger partial charge in [0.2, 0.25) is 0 Å². The van der Waals surface area contributed by atoms with Gasteiger partial charge in [0.05, 0.1) is 0 Å². The molecule has 2 atom stereocenters. The van der Waals surface area contributed by atoms with Crippen LogP contribution in [0.3, 0.4) is 0 Å². The Morgan fingerprint density at radius 1 is 1.28 bits per heavy atom. The van der Waals surface area contributed by atoms with Gasteiger partial charge in [0.25, 0.3) is 0 Å². The molecule has 18 heavy (non-hydrogen) atoms. The van der Waals surface area contributed by atoms with Gasteiger partial charge in [0, 0.05) is 12.6 Å². The maximum atomic E-state index is 9.01. The van der Waals surface area contributed by atoms with Crippen LogP contribution in [0.2, 0.25) is 0 Å². The minimum absolute atomic E-state index is 0.329. The summed E-state index contributed by atoms with van der Waals surface area (Å²) in [7, 11) is 0. The summed E-state index contributed by atoms with van der Waals surface area (Å²) < 4.78 is 0. The average Bonchev–Trinajstić information content (AvgIpc) is 2.60. The topological polar surface area (TPSA) is 35.5 Å². The van der Waals surface area contributed by atoms with Crippen molar-refractivity contribution in [1.29, 1.82) is 0 Å². The van der Waals surface area contributed by atoms with Gasteiger partial charge in [-0.25, -0.2) is 0 Å². The van der Waals surface area contributed by atoms with E-state index < -0.39 is 0 Å². The lowest BCUT2D eigenvalue weighted by atomic mass is 10.0. The molecule has 1 aliphatic heterocycles. The molecule has 3 heteroatoms. The smallest absolute Gasteiger partial charge is 0.0434 e. The molecule has 1 fully saturated rings. The molecule has 3 nitrogen and oxygen atoms in total. The summed E-state index contributed by atoms with van der Waals surface area (Å²) in [5.41, 5.74) is 0. The van der Waals surface area contributed by atoms with E-state index in [1.165, 1.54) is 51.7 Å². The van der Waals surface area contributed by atoms with Gasteiger partial charge in [-0.3, -0.25) is 0 Å². The van der Waals surface area contributed by atoms with Gasteiger partial charge >= 0.3 is 0 Å². The number of nitrogens with one attached hydrogen (secondary N) is 1. The molecule has 1 saturated heterocycles. The normalized spacial score (nSPS) is 23.8. The summed E-state index contributed by atoms with van der Waals surface area (Å²) in [6.45, 7) is 9.68. The van der Waals surface area contributed by atoms with Crippen molar-refractivity contribution in [3.63, 3.8) is 0 Å². The van der Waals surface area contributed by atoms with E-state index >= 15 is 0 Å². The summed E-state index contributed by atoms with van der Waals surface area (Å²) in [6.07, 6.45) is 7.31. The second kappa shape index (κ2) is 9.76. The zero-order valence-corrected chi connectivity index (χ0v) is 12.3. The molecule has 0 spiro atoms. The first-order valence-corrected chi connectivity index (χ1v) is 7.86. The minimum Gasteiger partial charge on any atom is -0.396 e. The molecule has 0 aliphatic carbocycles. The lowest BCUT2D eigenvalue weighted by molar-refractivity contribution is 0.246. The number of aliphatic hydroxyl groups is 1. The Labute approximate surface area is 113 Å². The van der Waals surface area contributed by atoms with Crippen molar-refractivity contribution in [2.24, 2.45) is 5.92 Å². The molecule has 108 valence electrons. The molecule has 0 aromatic carbocycles. The zero-order valence-electron chi connectivity index (χ0n) is 12.3. The van der Waals surface area contributed by atoms with Crippen LogP contribution in [-0.4, -0.2) is 48.8 Å². The average molecular weight is 256 g/mol. The number of likely N-dealkylation sites (tertiary alicyclic amines) is 1. The first-order valence-electron chi connectivity index (χ1n) is 7.86. The van der Waals surface area contributed by atoms with Crippen LogP contribution in [0.5, 0.6) is 0 Å². The summed E-state index contributed by atoms with van der Waals surface area (Å²) in [6, 6.07) is 0.694. The molecular formula is C15H32N2O. The lowest BCUT2D eigenvalue weighted by Crippen LogP contribution is -2.34. The highest BCUT2D eigenvalue weighted by Crippen LogP contribution is 2.13. The van der Waals surface area contributed by atoms with Crippen molar-refractivity contribution in [1.82, 2.24) is 10.2 Å². The van der Waals surface area contributed by atoms with Gasteiger partial charge < -0.3 is 15.3 Å². The Morgan fingerprint density at radius 3 is 2.78 bits per heavy atom. The fourth-order valence-corrected chi connectivity index (χ4v) is 2.87. The number of nitrogens with zero attached hydrogens (tertiary/aromatic N) is 1. The largest absolute Gasteiger partial charge is 0.396 e. The molecule has 2 unspecified atom stereocenters. The second-order valence-electron chi connectivity index (χ2n) is 5.66. The van der Waals surface area contributed by atoms with Crippen molar-refractivity contribution >= 4 is 0 Å². The Bertz CT molecular complexity index is 199. The van der Waals surface area contributed by atoms with Gasteiger partial charge in [-0.15, -0.1) is 0 Å². The van der Waals surface area contributed by atoms with Crippen LogP contribution >= 0.6 is 0 Å². The molecule has 1 rings (SSSR count). The molecule has 2 N–H and O–H groups in total. The highest BCUT2D eigenvalue weighted by atomic mass is 16.3. The van der Waals surface area contributed by atoms with Crippen LogP contribution in [0.25, 0.3) is 0 Å². The van der Waals surface area contributed by atoms with Crippen molar-refractivity contribution in [2.75, 3.05) is 32.8 Å². The van der Waals surface area contributed by atoms with E-state index in [4.69, 9.17) is 5.11 Å². The zero-order chi connectivity index (χ0) is 13.2. The molecule has 0 amide bonds. The SMILES string of the molecule is CCCN1CCCC(NCC(CC)CCO)CC1. The predicted octanol–water partition coefficient (Wildman–Crippen LogP) is 2.25. The summed E-state index contributed by atoms with van der Waals surface area (Å²) in [5.74, 6) is 0.644. The van der Waals surface area contributed by atoms with E-state index in [9.17, 15) is 0 Å². The first-order chi connectivity index (χ1) is 8.80. The Balaban J connectivity index is 2.22. The summed E-state index contributed by atoms with van der Waals surface area (Å²) in [5, 5.41) is 12.7. The molecule has 0 radical (unpaired) electrons. The Morgan fingerprint density at radius 2 is 2.11 bits per heavy atom. The van der Waals surface area contributed by atoms with Gasteiger partial charge in [-0.2, -0.15) is 0 Å². The first kappa shape index (κ1) is 15.9. The van der Waals surface area contributed by atoms with E-state index in [1.54, 1.807) is 0 Å². The van der Waals surface area contributed by atoms with E-state index in [-0.39, 0.29) is 0 Å². The van der Waals surface area contributed by atoms with Crippen LogP contribution in [0, 0.1) is 5.92 Å². The van der Waals surface area contributed by atoms with Crippen LogP contribution in [-0.2, 0) is 0 Å². The van der Waals surface area contributed by atoms with Gasteiger partial charge in [0.1, 0.15) is 0 Å². The quantitative estimate of drug-likeness (QED) is 0.699. The summed E-state index contributed by atoms with van der Waals surface area (Å²) in [4.78, 5) is 2.60. The van der Waals surface area contributed by atoms with E-state index in [0.717, 1.165) is 13.0 Å². The van der Waals surface area contributed by atoms with E-state index in [1.807, 2.05) is 0 Å². The predicted molar refractivity (Wildman–Crippen MR) is 77.9 cm³/mol. The van der Waals surface area contributed by atoms with Crippen LogP contribution in [0.15, 0.2) is 0 Å². The Hall–Kier alpha value is -0.120. The monoisotopic (exact) mass is 256 g/mol. The molecule has 0 saturated carbocycles. The molecule has 0 aromatic rings. The Kier molecular flexibility index (Phi) is 8.64. The molecule has 0 bridgehead atoms. The van der Waals surface area contributed by atoms with Crippen molar-refractivity contribution < 1.29 is 5.11 Å². The number of hydrogen-bond acceptors (Lipinski definition) is 3. The van der Waals surface area contributed by atoms with E-state index in [2.05, 4.69) is 24.1 Å². The summed E-state index contributed by atoms with van der Waals surface area (Å²) >= 11 is 0. The minimum atomic E-state index is 0.329. The lowest BCUT2D eigenvalue weighted by Gasteiger charge is -2.21. The third kappa shape index (κ3) is 6.17. The molecule has 0 aromatic heterocycles. The van der Waals surface area contributed by atoms with Crippen molar-refractivity contribution in [3.8, 4) is 0 Å². The maximum absolute atomic E-state index is 9.01. The standard InChI is InChI=1S/C15H32N2O/c1-3-9-17-10-5-6-15(7-11-17)16-13-14(4-2)8-12-18/h14-16,18H,3-13H2,1-2H3. The van der Waals surface area contributed by atoms with Crippen LogP contribution in [0.1, 0.15) is 52.4 Å². The number of hydrogen-bond donors (Lipinski definition) is 2. The van der Waals surface area contributed by atoms with Gasteiger partial charge in [0.15, 0.2) is 0 Å². The molecule has 1 aliphatic rings. The fourth-order valence-electron chi connectivity index (χ4n) is 2.87. The fraction of sp³-hybridized carbons (Fsp3) is 1.00. The van der Waals surface area contributed by atoms with E-state index in [0.29, 0.717) is 18.6 Å². The van der Waals surface area contributed by atoms with Crippen LogP contribution in [0.4, 0.5) is 0 Å². The van der Waals surface area contributed by atoms with Crippen molar-refractivity contribution in [2.45, 2.75) is 58.4 Å². The van der Waals surface area contributed by atoms with Crippen LogP contribution < -0.4 is 5.32 Å². The van der Waals surface area contributed by atoms with Gasteiger partial charge in [-0.1, -0.05) is 20.3 Å². The maximum Gasteiger partial charge on any atom is 0.0434 e. The van der Waals surface area contributed by atoms with Gasteiger partial charge in [-0.05, 0) is 64.2 Å². The third-order valence-electron chi connectivity index (χ3n) is 4.17. The highest BCUT2D eigenvalue weighted by Gasteiger charge is 2.17. The number of aliphatic hydroxyl groups excluding tert-OH is 1. The molecular weight excluding hydrogens is 224 g/mol. The highest BCUT2D eigenvalue weighted by molar-refractivity contribution is 4.76. The number of rotatable bonds is 8. The van der Waals surface area contributed by atoms with Crippen molar-refractivity contribution in [3.05, 3.63) is 0 Å².